The Kier molecular flexibility index (Phi) is 5.36. The normalized spacial score (nSPS) is 12.6. The van der Waals surface area contributed by atoms with E-state index in [9.17, 15) is 4.79 Å². The molecule has 2 heterocycles. The Labute approximate surface area is 176 Å². The highest BCUT2D eigenvalue weighted by Crippen LogP contribution is 2.37. The molecule has 5 heteroatoms. The van der Waals surface area contributed by atoms with Gasteiger partial charge in [-0.1, -0.05) is 48.5 Å². The van der Waals surface area contributed by atoms with E-state index < -0.39 is 5.41 Å². The lowest BCUT2D eigenvalue weighted by atomic mass is 9.82. The predicted octanol–water partition coefficient (Wildman–Crippen LogP) is 5.53. The van der Waals surface area contributed by atoms with E-state index in [0.29, 0.717) is 6.54 Å². The monoisotopic (exact) mass is 401 g/mol. The Balaban J connectivity index is 1.65. The smallest absolute Gasteiger partial charge is 0.230 e. The molecule has 154 valence electrons. The maximum Gasteiger partial charge on any atom is 0.230 e. The number of aromatic amines is 1. The first-order valence-corrected chi connectivity index (χ1v) is 10.2. The average Bonchev–Trinajstić information content (AvgIpc) is 3.40. The molecular weight excluding hydrogens is 374 g/mol. The van der Waals surface area contributed by atoms with Gasteiger partial charge in [-0.15, -0.1) is 0 Å². The van der Waals surface area contributed by atoms with Crippen LogP contribution in [0.2, 0.25) is 0 Å². The summed E-state index contributed by atoms with van der Waals surface area (Å²) in [5.74, 6) is 1.64. The highest BCUT2D eigenvalue weighted by molar-refractivity contribution is 5.98. The highest BCUT2D eigenvalue weighted by Gasteiger charge is 2.35. The van der Waals surface area contributed by atoms with E-state index >= 15 is 0 Å². The summed E-state index contributed by atoms with van der Waals surface area (Å²) in [6.07, 6.45) is 1.66. The van der Waals surface area contributed by atoms with Crippen LogP contribution in [0.4, 0.5) is 5.82 Å². The van der Waals surface area contributed by atoms with Crippen LogP contribution in [0, 0.1) is 0 Å². The van der Waals surface area contributed by atoms with Crippen LogP contribution < -0.4 is 10.6 Å². The summed E-state index contributed by atoms with van der Waals surface area (Å²) >= 11 is 0. The molecule has 0 bridgehead atoms. The molecule has 0 aliphatic carbocycles. The zero-order chi connectivity index (χ0) is 21.1. The average molecular weight is 402 g/mol. The lowest BCUT2D eigenvalue weighted by Gasteiger charge is -2.27. The lowest BCUT2D eigenvalue weighted by molar-refractivity contribution is -0.126. The van der Waals surface area contributed by atoms with E-state index in [1.54, 1.807) is 6.26 Å². The number of hydrogen-bond acceptors (Lipinski definition) is 3. The number of carbonyl (C=O) groups excluding carboxylic acids is 1. The molecule has 5 nitrogen and oxygen atoms in total. The zero-order valence-electron chi connectivity index (χ0n) is 17.5. The van der Waals surface area contributed by atoms with Crippen molar-refractivity contribution in [2.24, 2.45) is 0 Å². The molecular formula is C25H27N3O2. The molecule has 0 fully saturated rings. The van der Waals surface area contributed by atoms with Gasteiger partial charge in [0.2, 0.25) is 5.91 Å². The number of carbonyl (C=O) groups is 1. The van der Waals surface area contributed by atoms with Crippen LogP contribution in [0.3, 0.4) is 0 Å². The van der Waals surface area contributed by atoms with Crippen molar-refractivity contribution in [1.29, 1.82) is 0 Å². The minimum Gasteiger partial charge on any atom is -0.467 e. The number of para-hydroxylation sites is 1. The van der Waals surface area contributed by atoms with Crippen LogP contribution in [-0.2, 0) is 16.8 Å². The molecule has 0 aliphatic rings. The molecule has 1 atom stereocenters. The summed E-state index contributed by atoms with van der Waals surface area (Å²) in [5, 5.41) is 7.64. The first kappa shape index (κ1) is 19.8. The second-order valence-electron chi connectivity index (χ2n) is 8.08. The number of fused-ring (bicyclic) bond motifs is 1. The second kappa shape index (κ2) is 8.11. The van der Waals surface area contributed by atoms with E-state index in [1.165, 1.54) is 0 Å². The summed E-state index contributed by atoms with van der Waals surface area (Å²) in [4.78, 5) is 16.8. The summed E-state index contributed by atoms with van der Waals surface area (Å²) in [7, 11) is 0. The van der Waals surface area contributed by atoms with Crippen LogP contribution in [0.1, 0.15) is 43.7 Å². The van der Waals surface area contributed by atoms with Crippen molar-refractivity contribution < 1.29 is 9.21 Å². The van der Waals surface area contributed by atoms with Gasteiger partial charge in [-0.05, 0) is 44.5 Å². The summed E-state index contributed by atoms with van der Waals surface area (Å²) in [6, 6.07) is 21.8. The maximum absolute atomic E-state index is 13.4. The maximum atomic E-state index is 13.4. The Morgan fingerprint density at radius 1 is 1.03 bits per heavy atom. The van der Waals surface area contributed by atoms with E-state index in [0.717, 1.165) is 33.6 Å². The summed E-state index contributed by atoms with van der Waals surface area (Å²) < 4.78 is 5.45. The van der Waals surface area contributed by atoms with Crippen LogP contribution >= 0.6 is 0 Å². The Bertz CT molecular complexity index is 1130. The molecule has 1 unspecified atom stereocenters. The fourth-order valence-corrected chi connectivity index (χ4v) is 3.83. The second-order valence-corrected chi connectivity index (χ2v) is 8.08. The van der Waals surface area contributed by atoms with Crippen molar-refractivity contribution in [2.45, 2.75) is 38.8 Å². The quantitative estimate of drug-likeness (QED) is 0.381. The first-order chi connectivity index (χ1) is 14.5. The molecule has 0 saturated carbocycles. The molecule has 0 saturated heterocycles. The summed E-state index contributed by atoms with van der Waals surface area (Å²) in [6.45, 7) is 6.47. The minimum absolute atomic E-state index is 0.0235. The molecule has 30 heavy (non-hydrogen) atoms. The number of rotatable bonds is 7. The number of hydrogen-bond donors (Lipinski definition) is 3. The molecule has 3 N–H and O–H groups in total. The standard InChI is InChI=1S/C25H27N3O2/c1-17(18-10-5-4-6-11-18)27-24(29)25(2,3)22-20-13-7-8-14-21(20)28-23(22)26-16-19-12-9-15-30-19/h4-15,17,26,28H,16H2,1-3H3,(H,27,29). The number of aromatic nitrogens is 1. The topological polar surface area (TPSA) is 70.1 Å². The van der Waals surface area contributed by atoms with E-state index in [1.807, 2.05) is 81.4 Å². The van der Waals surface area contributed by atoms with E-state index in [-0.39, 0.29) is 11.9 Å². The Hall–Kier alpha value is -3.47. The third-order valence-electron chi connectivity index (χ3n) is 5.57. The van der Waals surface area contributed by atoms with Gasteiger partial charge in [0.25, 0.3) is 0 Å². The zero-order valence-corrected chi connectivity index (χ0v) is 17.5. The molecule has 1 amide bonds. The number of amides is 1. The molecule has 2 aromatic carbocycles. The third kappa shape index (κ3) is 3.83. The van der Waals surface area contributed by atoms with Crippen LogP contribution in [0.15, 0.2) is 77.4 Å². The molecule has 2 aromatic heterocycles. The number of anilines is 1. The SMILES string of the molecule is CC(NC(=O)C(C)(C)c1c(NCc2ccco2)[nH]c2ccccc12)c1ccccc1. The Morgan fingerprint density at radius 2 is 1.77 bits per heavy atom. The van der Waals surface area contributed by atoms with Gasteiger partial charge in [0.05, 0.1) is 24.3 Å². The highest BCUT2D eigenvalue weighted by atomic mass is 16.3. The van der Waals surface area contributed by atoms with Gasteiger partial charge in [-0.2, -0.15) is 0 Å². The molecule has 4 aromatic rings. The largest absolute Gasteiger partial charge is 0.467 e. The Morgan fingerprint density at radius 3 is 2.50 bits per heavy atom. The first-order valence-electron chi connectivity index (χ1n) is 10.2. The van der Waals surface area contributed by atoms with Crippen molar-refractivity contribution in [2.75, 3.05) is 5.32 Å². The van der Waals surface area contributed by atoms with Gasteiger partial charge in [-0.3, -0.25) is 4.79 Å². The number of nitrogens with one attached hydrogen (secondary N) is 3. The molecule has 0 spiro atoms. The van der Waals surface area contributed by atoms with Crippen LogP contribution in [0.5, 0.6) is 0 Å². The number of H-pyrrole nitrogens is 1. The van der Waals surface area contributed by atoms with Crippen molar-refractivity contribution >= 4 is 22.6 Å². The van der Waals surface area contributed by atoms with Gasteiger partial charge >= 0.3 is 0 Å². The van der Waals surface area contributed by atoms with Gasteiger partial charge in [0.15, 0.2) is 0 Å². The number of furan rings is 1. The van der Waals surface area contributed by atoms with Gasteiger partial charge in [0.1, 0.15) is 11.6 Å². The number of benzene rings is 2. The van der Waals surface area contributed by atoms with Crippen LogP contribution in [0.25, 0.3) is 10.9 Å². The van der Waals surface area contributed by atoms with Crippen molar-refractivity contribution in [3.63, 3.8) is 0 Å². The van der Waals surface area contributed by atoms with Crippen LogP contribution in [-0.4, -0.2) is 10.9 Å². The van der Waals surface area contributed by atoms with Crippen molar-refractivity contribution in [3.05, 3.63) is 89.9 Å². The van der Waals surface area contributed by atoms with Gasteiger partial charge in [-0.25, -0.2) is 0 Å². The van der Waals surface area contributed by atoms with E-state index in [4.69, 9.17) is 4.42 Å². The third-order valence-corrected chi connectivity index (χ3v) is 5.57. The van der Waals surface area contributed by atoms with Crippen molar-refractivity contribution in [1.82, 2.24) is 10.3 Å². The minimum atomic E-state index is -0.756. The fraction of sp³-hybridized carbons (Fsp3) is 0.240. The molecule has 4 rings (SSSR count). The molecule has 0 aliphatic heterocycles. The summed E-state index contributed by atoms with van der Waals surface area (Å²) in [5.41, 5.74) is 2.26. The van der Waals surface area contributed by atoms with E-state index in [2.05, 4.69) is 21.7 Å². The lowest BCUT2D eigenvalue weighted by Crippen LogP contribution is -2.41. The van der Waals surface area contributed by atoms with Gasteiger partial charge in [0, 0.05) is 16.5 Å². The fourth-order valence-electron chi connectivity index (χ4n) is 3.83. The molecule has 0 radical (unpaired) electrons. The predicted molar refractivity (Wildman–Crippen MR) is 120 cm³/mol. The van der Waals surface area contributed by atoms with Gasteiger partial charge < -0.3 is 20.0 Å². The van der Waals surface area contributed by atoms with Crippen molar-refractivity contribution in [3.8, 4) is 0 Å².